The molecule has 2 aromatic heterocycles. The van der Waals surface area contributed by atoms with Crippen LogP contribution >= 0.6 is 11.6 Å². The van der Waals surface area contributed by atoms with Crippen LogP contribution in [0.2, 0.25) is 5.02 Å². The van der Waals surface area contributed by atoms with Gasteiger partial charge in [-0.25, -0.2) is 0 Å². The van der Waals surface area contributed by atoms with Crippen LogP contribution in [0.1, 0.15) is 35.3 Å². The van der Waals surface area contributed by atoms with Gasteiger partial charge in [-0.05, 0) is 48.4 Å². The van der Waals surface area contributed by atoms with Crippen LogP contribution in [0.4, 0.5) is 0 Å². The van der Waals surface area contributed by atoms with E-state index < -0.39 is 0 Å². The Balaban J connectivity index is 1.56. The average Bonchev–Trinajstić information content (AvgIpc) is 3.39. The molecule has 0 saturated carbocycles. The molecule has 1 aliphatic heterocycles. The predicted octanol–water partition coefficient (Wildman–Crippen LogP) is 4.67. The van der Waals surface area contributed by atoms with Crippen molar-refractivity contribution in [2.24, 2.45) is 0 Å². The zero-order chi connectivity index (χ0) is 18.6. The van der Waals surface area contributed by atoms with E-state index in [1.54, 1.807) is 12.5 Å². The molecule has 1 aromatic carbocycles. The van der Waals surface area contributed by atoms with Gasteiger partial charge in [0.05, 0.1) is 12.2 Å². The number of carbonyl (C=O) groups is 1. The third-order valence-electron chi connectivity index (χ3n) is 5.16. The Bertz CT molecular complexity index is 878. The molecule has 0 bridgehead atoms. The van der Waals surface area contributed by atoms with E-state index in [1.165, 1.54) is 0 Å². The normalized spacial score (nSPS) is 17.8. The van der Waals surface area contributed by atoms with Crippen LogP contribution in [0.5, 0.6) is 0 Å². The Morgan fingerprint density at radius 2 is 2.04 bits per heavy atom. The summed E-state index contributed by atoms with van der Waals surface area (Å²) in [6.07, 6.45) is 4.96. The maximum atomic E-state index is 13.4. The highest BCUT2D eigenvalue weighted by atomic mass is 35.5. The number of likely N-dealkylation sites (tertiary alicyclic amines) is 1. The molecule has 5 heteroatoms. The second-order valence-corrected chi connectivity index (χ2v) is 7.35. The van der Waals surface area contributed by atoms with Crippen molar-refractivity contribution >= 4 is 17.5 Å². The third-order valence-corrected chi connectivity index (χ3v) is 5.41. The summed E-state index contributed by atoms with van der Waals surface area (Å²) in [5, 5.41) is 0.668. The Kier molecular flexibility index (Phi) is 5.26. The van der Waals surface area contributed by atoms with Gasteiger partial charge in [-0.3, -0.25) is 9.78 Å². The van der Waals surface area contributed by atoms with Gasteiger partial charge < -0.3 is 9.32 Å². The first-order chi connectivity index (χ1) is 13.2. The first-order valence-electron chi connectivity index (χ1n) is 9.18. The van der Waals surface area contributed by atoms with Crippen LogP contribution in [-0.4, -0.2) is 28.9 Å². The highest BCUT2D eigenvalue weighted by molar-refractivity contribution is 6.30. The van der Waals surface area contributed by atoms with Crippen molar-refractivity contribution in [3.63, 3.8) is 0 Å². The zero-order valence-corrected chi connectivity index (χ0v) is 15.7. The fourth-order valence-electron chi connectivity index (χ4n) is 3.71. The van der Waals surface area contributed by atoms with Crippen molar-refractivity contribution in [3.05, 3.63) is 89.1 Å². The van der Waals surface area contributed by atoms with Gasteiger partial charge in [-0.2, -0.15) is 0 Å². The van der Waals surface area contributed by atoms with Gasteiger partial charge in [-0.1, -0.05) is 29.8 Å². The van der Waals surface area contributed by atoms with E-state index in [0.717, 1.165) is 30.0 Å². The number of furan rings is 1. The minimum atomic E-state index is -0.271. The summed E-state index contributed by atoms with van der Waals surface area (Å²) >= 11 is 6.04. The van der Waals surface area contributed by atoms with E-state index in [4.69, 9.17) is 16.0 Å². The Morgan fingerprint density at radius 1 is 1.19 bits per heavy atom. The van der Waals surface area contributed by atoms with E-state index in [1.807, 2.05) is 59.5 Å². The molecule has 0 aliphatic carbocycles. The fourth-order valence-corrected chi connectivity index (χ4v) is 3.83. The molecular weight excluding hydrogens is 360 g/mol. The summed E-state index contributed by atoms with van der Waals surface area (Å²) in [5.41, 5.74) is 1.88. The molecular formula is C22H21ClN2O2. The molecule has 2 unspecified atom stereocenters. The monoisotopic (exact) mass is 380 g/mol. The Labute approximate surface area is 163 Å². The molecule has 0 spiro atoms. The minimum Gasteiger partial charge on any atom is -0.469 e. The summed E-state index contributed by atoms with van der Waals surface area (Å²) in [6.45, 7) is 1.44. The molecule has 0 N–H and O–H groups in total. The van der Waals surface area contributed by atoms with Crippen molar-refractivity contribution in [3.8, 4) is 0 Å². The quantitative estimate of drug-likeness (QED) is 0.646. The third kappa shape index (κ3) is 4.06. The van der Waals surface area contributed by atoms with Crippen LogP contribution < -0.4 is 0 Å². The first-order valence-corrected chi connectivity index (χ1v) is 9.56. The lowest BCUT2D eigenvalue weighted by Crippen LogP contribution is -2.34. The maximum absolute atomic E-state index is 13.4. The summed E-state index contributed by atoms with van der Waals surface area (Å²) < 4.78 is 5.54. The van der Waals surface area contributed by atoms with Crippen molar-refractivity contribution in [2.75, 3.05) is 13.1 Å². The highest BCUT2D eigenvalue weighted by Gasteiger charge is 2.33. The number of rotatable bonds is 5. The number of pyridine rings is 1. The summed E-state index contributed by atoms with van der Waals surface area (Å²) in [5.74, 6) is 1.09. The van der Waals surface area contributed by atoms with Gasteiger partial charge in [-0.15, -0.1) is 0 Å². The van der Waals surface area contributed by atoms with Crippen LogP contribution in [0, 0.1) is 0 Å². The van der Waals surface area contributed by atoms with Crippen molar-refractivity contribution in [1.29, 1.82) is 0 Å². The number of carbonyl (C=O) groups excluding carboxylic acids is 1. The predicted molar refractivity (Wildman–Crippen MR) is 105 cm³/mol. The molecule has 1 fully saturated rings. The number of nitrogens with zero attached hydrogens (tertiary/aromatic N) is 2. The number of halogens is 1. The molecule has 138 valence electrons. The topological polar surface area (TPSA) is 46.3 Å². The molecule has 4 rings (SSSR count). The van der Waals surface area contributed by atoms with E-state index in [9.17, 15) is 4.79 Å². The first kappa shape index (κ1) is 17.8. The van der Waals surface area contributed by atoms with Crippen LogP contribution in [-0.2, 0) is 11.2 Å². The number of aromatic nitrogens is 1. The van der Waals surface area contributed by atoms with Crippen molar-refractivity contribution < 1.29 is 9.21 Å². The zero-order valence-electron chi connectivity index (χ0n) is 14.9. The van der Waals surface area contributed by atoms with Gasteiger partial charge in [0.25, 0.3) is 0 Å². The molecule has 3 aromatic rings. The van der Waals surface area contributed by atoms with Crippen LogP contribution in [0.15, 0.2) is 71.5 Å². The number of amides is 1. The van der Waals surface area contributed by atoms with Gasteiger partial charge >= 0.3 is 0 Å². The van der Waals surface area contributed by atoms with Gasteiger partial charge in [0.1, 0.15) is 5.76 Å². The molecule has 1 aliphatic rings. The second kappa shape index (κ2) is 7.97. The number of hydrogen-bond acceptors (Lipinski definition) is 3. The van der Waals surface area contributed by atoms with E-state index in [0.29, 0.717) is 18.0 Å². The fraction of sp³-hybridized carbons (Fsp3) is 0.273. The largest absolute Gasteiger partial charge is 0.469 e. The number of benzene rings is 1. The summed E-state index contributed by atoms with van der Waals surface area (Å²) in [6, 6.07) is 17.2. The maximum Gasteiger partial charge on any atom is 0.230 e. The van der Waals surface area contributed by atoms with Gasteiger partial charge in [0.15, 0.2) is 0 Å². The van der Waals surface area contributed by atoms with Gasteiger partial charge in [0, 0.05) is 42.3 Å². The smallest absolute Gasteiger partial charge is 0.230 e. The standard InChI is InChI=1S/C22H21ClN2O2/c23-18-8-6-16(7-9-18)20(14-19-4-1-2-11-24-19)22(26)25-12-10-17(15-25)21-5-3-13-27-21/h1-9,11,13,17,20H,10,12,14-15H2. The van der Waals surface area contributed by atoms with E-state index in [-0.39, 0.29) is 17.7 Å². The minimum absolute atomic E-state index is 0.136. The van der Waals surface area contributed by atoms with Gasteiger partial charge in [0.2, 0.25) is 5.91 Å². The second-order valence-electron chi connectivity index (χ2n) is 6.91. The molecule has 0 radical (unpaired) electrons. The molecule has 1 amide bonds. The Hall–Kier alpha value is -2.59. The molecule has 3 heterocycles. The Morgan fingerprint density at radius 3 is 2.74 bits per heavy atom. The van der Waals surface area contributed by atoms with E-state index >= 15 is 0 Å². The average molecular weight is 381 g/mol. The lowest BCUT2D eigenvalue weighted by atomic mass is 9.92. The van der Waals surface area contributed by atoms with E-state index in [2.05, 4.69) is 4.98 Å². The molecule has 27 heavy (non-hydrogen) atoms. The molecule has 4 nitrogen and oxygen atoms in total. The molecule has 2 atom stereocenters. The lowest BCUT2D eigenvalue weighted by molar-refractivity contribution is -0.131. The van der Waals surface area contributed by atoms with Crippen molar-refractivity contribution in [1.82, 2.24) is 9.88 Å². The van der Waals surface area contributed by atoms with Crippen LogP contribution in [0.25, 0.3) is 0 Å². The summed E-state index contributed by atoms with van der Waals surface area (Å²) in [7, 11) is 0. The molecule has 1 saturated heterocycles. The number of hydrogen-bond donors (Lipinski definition) is 0. The van der Waals surface area contributed by atoms with Crippen molar-refractivity contribution in [2.45, 2.75) is 24.7 Å². The highest BCUT2D eigenvalue weighted by Crippen LogP contribution is 2.31. The SMILES string of the molecule is O=C(C(Cc1ccccn1)c1ccc(Cl)cc1)N1CCC(c2ccco2)C1. The lowest BCUT2D eigenvalue weighted by Gasteiger charge is -2.24. The van der Waals surface area contributed by atoms with Crippen LogP contribution in [0.3, 0.4) is 0 Å². The summed E-state index contributed by atoms with van der Waals surface area (Å²) in [4.78, 5) is 19.8.